The zero-order valence-corrected chi connectivity index (χ0v) is 7.76. The van der Waals surface area contributed by atoms with E-state index in [0.717, 1.165) is 0 Å². The molecule has 0 atom stereocenters. The fourth-order valence-corrected chi connectivity index (χ4v) is 0. The van der Waals surface area contributed by atoms with E-state index in [0.29, 0.717) is 0 Å². The fourth-order valence-electron chi connectivity index (χ4n) is 0. The van der Waals surface area contributed by atoms with Gasteiger partial charge in [-0.1, -0.05) is 0 Å². The molecular formula is H7BaBiMnSr. The van der Waals surface area contributed by atoms with Gasteiger partial charge in [0.1, 0.15) is 0 Å². The molecule has 0 aromatic rings. The van der Waals surface area contributed by atoms with Crippen molar-refractivity contribution < 1.29 is 17.1 Å². The van der Waals surface area contributed by atoms with Crippen molar-refractivity contribution in [3.05, 3.63) is 0 Å². The van der Waals surface area contributed by atoms with Crippen LogP contribution in [0.1, 0.15) is 0 Å². The van der Waals surface area contributed by atoms with Gasteiger partial charge in [0.05, 0.1) is 0 Å². The molecule has 0 aliphatic carbocycles. The third kappa shape index (κ3) is 9.68. The first kappa shape index (κ1) is 23.7. The van der Waals surface area contributed by atoms with E-state index in [4.69, 9.17) is 0 Å². The molecule has 0 bridgehead atoms. The predicted molar refractivity (Wildman–Crippen MR) is 27.0 cm³/mol. The van der Waals surface area contributed by atoms with E-state index in [9.17, 15) is 0 Å². The van der Waals surface area contributed by atoms with Crippen LogP contribution in [0.2, 0.25) is 0 Å². The topological polar surface area (TPSA) is 0 Å². The van der Waals surface area contributed by atoms with Crippen LogP contribution in [0, 0.1) is 0 Å². The van der Waals surface area contributed by atoms with Gasteiger partial charge >= 0.3 is 121 Å². The van der Waals surface area contributed by atoms with Crippen molar-refractivity contribution in [2.45, 2.75) is 0 Å². The second-order valence-electron chi connectivity index (χ2n) is 0. The number of hydrogen-bond donors (Lipinski definition) is 0. The van der Waals surface area contributed by atoms with Gasteiger partial charge in [0.15, 0.2) is 0 Å². The molecule has 0 saturated carbocycles. The van der Waals surface area contributed by atoms with Crippen molar-refractivity contribution in [2.24, 2.45) is 0 Å². The molecule has 0 fully saturated rings. The first-order valence-corrected chi connectivity index (χ1v) is 0. The van der Waals surface area contributed by atoms with Crippen molar-refractivity contribution >= 4 is 121 Å². The summed E-state index contributed by atoms with van der Waals surface area (Å²) in [6.45, 7) is 0. The maximum absolute atomic E-state index is 0. The molecule has 0 rings (SSSR count). The normalized spacial score (nSPS) is 0. The molecule has 0 amide bonds. The third-order valence-electron chi connectivity index (χ3n) is 0. The summed E-state index contributed by atoms with van der Waals surface area (Å²) < 4.78 is 0. The Hall–Kier alpha value is 4.45. The number of hydrogen-bond acceptors (Lipinski definition) is 0. The van der Waals surface area contributed by atoms with Crippen molar-refractivity contribution in [1.82, 2.24) is 0 Å². The van der Waals surface area contributed by atoms with E-state index >= 15 is 0 Å². The monoisotopic (exact) mass is 497 g/mol. The average molecular weight is 496 g/mol. The molecule has 1 radical (unpaired) electrons. The summed E-state index contributed by atoms with van der Waals surface area (Å²) in [6, 6.07) is 0. The molecule has 23 valence electrons. The van der Waals surface area contributed by atoms with Crippen molar-refractivity contribution in [3.8, 4) is 0 Å². The summed E-state index contributed by atoms with van der Waals surface area (Å²) in [5, 5.41) is 0. The average Bonchev–Trinajstić information content (AvgIpc) is 0. The van der Waals surface area contributed by atoms with Gasteiger partial charge in [0, 0.05) is 17.1 Å². The summed E-state index contributed by atoms with van der Waals surface area (Å²) in [6.07, 6.45) is 0. The molecule has 0 aromatic carbocycles. The molecule has 0 N–H and O–H groups in total. The quantitative estimate of drug-likeness (QED) is 0.314. The summed E-state index contributed by atoms with van der Waals surface area (Å²) in [7, 11) is 0. The van der Waals surface area contributed by atoms with Gasteiger partial charge in [0.25, 0.3) is 0 Å². The Morgan fingerprint density at radius 2 is 1.00 bits per heavy atom. The van der Waals surface area contributed by atoms with Crippen LogP contribution in [-0.4, -0.2) is 121 Å². The molecule has 0 saturated heterocycles. The maximum atomic E-state index is 0. The molecule has 0 spiro atoms. The summed E-state index contributed by atoms with van der Waals surface area (Å²) in [4.78, 5) is 0. The van der Waals surface area contributed by atoms with Crippen LogP contribution in [0.25, 0.3) is 0 Å². The second-order valence-corrected chi connectivity index (χ2v) is 0. The first-order chi connectivity index (χ1) is 0. The van der Waals surface area contributed by atoms with Gasteiger partial charge in [-0.05, 0) is 0 Å². The fraction of sp³-hybridized carbons (Fsp3) is 0. The van der Waals surface area contributed by atoms with Crippen LogP contribution >= 0.6 is 0 Å². The van der Waals surface area contributed by atoms with Crippen LogP contribution in [-0.2, 0) is 17.1 Å². The van der Waals surface area contributed by atoms with Crippen molar-refractivity contribution in [3.63, 3.8) is 0 Å². The van der Waals surface area contributed by atoms with E-state index in [-0.39, 0.29) is 138 Å². The van der Waals surface area contributed by atoms with Crippen molar-refractivity contribution in [2.75, 3.05) is 0 Å². The zero-order valence-electron chi connectivity index (χ0n) is 1.09. The summed E-state index contributed by atoms with van der Waals surface area (Å²) >= 11 is 0. The molecule has 0 aromatic heterocycles. The molecule has 0 unspecified atom stereocenters. The Morgan fingerprint density at radius 3 is 1.00 bits per heavy atom. The van der Waals surface area contributed by atoms with Gasteiger partial charge in [-0.3, -0.25) is 0 Å². The molecule has 0 aliphatic rings. The zero-order chi connectivity index (χ0) is 0. The van der Waals surface area contributed by atoms with Crippen LogP contribution < -0.4 is 0 Å². The van der Waals surface area contributed by atoms with E-state index in [1.54, 1.807) is 0 Å². The third-order valence-corrected chi connectivity index (χ3v) is 0. The minimum absolute atomic E-state index is 0. The molecule has 4 heavy (non-hydrogen) atoms. The molecular weight excluding hydrogens is 489 g/mol. The Balaban J connectivity index is 0. The second kappa shape index (κ2) is 15.7. The molecule has 0 heterocycles. The van der Waals surface area contributed by atoms with Crippen LogP contribution in [0.4, 0.5) is 0 Å². The first-order valence-electron chi connectivity index (χ1n) is 0. The molecule has 0 nitrogen and oxygen atoms in total. The van der Waals surface area contributed by atoms with Gasteiger partial charge < -0.3 is 0 Å². The van der Waals surface area contributed by atoms with Crippen LogP contribution in [0.3, 0.4) is 0 Å². The Kier molecular flexibility index (Phi) is 92.6. The van der Waals surface area contributed by atoms with Crippen molar-refractivity contribution in [1.29, 1.82) is 0 Å². The predicted octanol–water partition coefficient (Wildman–Crippen LogP) is -3.02. The number of rotatable bonds is 0. The molecule has 4 heteroatoms. The Morgan fingerprint density at radius 1 is 1.00 bits per heavy atom. The minimum atomic E-state index is 0. The molecule has 0 aliphatic heterocycles. The Bertz CT molecular complexity index is 8.00. The van der Waals surface area contributed by atoms with Crippen LogP contribution in [0.15, 0.2) is 0 Å². The van der Waals surface area contributed by atoms with Gasteiger partial charge in [0.2, 0.25) is 0 Å². The van der Waals surface area contributed by atoms with Gasteiger partial charge in [-0.15, -0.1) is 0 Å². The Labute approximate surface area is 133 Å². The van der Waals surface area contributed by atoms with Gasteiger partial charge in [-0.2, -0.15) is 0 Å². The SMILES string of the molecule is [BaH2].[BiH3].[Mn].[SrH2]. The van der Waals surface area contributed by atoms with E-state index in [1.165, 1.54) is 0 Å². The van der Waals surface area contributed by atoms with E-state index < -0.39 is 0 Å². The van der Waals surface area contributed by atoms with Gasteiger partial charge in [-0.25, -0.2) is 0 Å². The van der Waals surface area contributed by atoms with Crippen LogP contribution in [0.5, 0.6) is 0 Å². The standard InChI is InChI=1S/Ba.Bi.Mn.Sr.7H. The summed E-state index contributed by atoms with van der Waals surface area (Å²) in [5.74, 6) is 0. The summed E-state index contributed by atoms with van der Waals surface area (Å²) in [5.41, 5.74) is 0. The van der Waals surface area contributed by atoms with E-state index in [2.05, 4.69) is 0 Å². The van der Waals surface area contributed by atoms with E-state index in [1.807, 2.05) is 0 Å².